The second-order valence-electron chi connectivity index (χ2n) is 24.1. The normalized spacial score (nSPS) is 12.8. The van der Waals surface area contributed by atoms with Crippen LogP contribution in [0.3, 0.4) is 0 Å². The predicted molar refractivity (Wildman–Crippen MR) is 385 cm³/mol. The number of amides is 3. The Kier molecular flexibility index (Phi) is 28.4. The number of aromatic nitrogens is 3. The minimum Gasteiger partial charge on any atom is -0.423 e. The molecule has 0 aliphatic heterocycles. The molecule has 3 heterocycles. The number of ketones is 2. The lowest BCUT2D eigenvalue weighted by Gasteiger charge is -2.16. The zero-order valence-corrected chi connectivity index (χ0v) is 62.7. The molecule has 0 bridgehead atoms. The summed E-state index contributed by atoms with van der Waals surface area (Å²) in [4.78, 5) is 73.7. The highest BCUT2D eigenvalue weighted by Crippen LogP contribution is 2.35. The van der Waals surface area contributed by atoms with Crippen molar-refractivity contribution in [3.63, 3.8) is 0 Å². The van der Waals surface area contributed by atoms with Gasteiger partial charge >= 0.3 is 7.12 Å². The molecule has 11 N–H and O–H groups in total. The highest BCUT2D eigenvalue weighted by Gasteiger charge is 2.35. The maximum Gasteiger partial charge on any atom is 0.488 e. The van der Waals surface area contributed by atoms with Gasteiger partial charge in [-0.05, 0) is 76.0 Å². The van der Waals surface area contributed by atoms with Crippen molar-refractivity contribution in [1.82, 2.24) is 30.9 Å². The van der Waals surface area contributed by atoms with Crippen LogP contribution in [0, 0.1) is 10.8 Å². The standard InChI is InChI=1S/C24H29N3O6S3.C12H17BO3.C12H14BrN3O5S3.C11H12BrN3O3S2/c1-24(2,3)14-19(28)16-7-5-15(6-8-16)17-9-10-18-20(13-17)34-23(27-18)21(35(4,30)31)22(29)26-11-12-36(25,32)33;1-12(2,3)8-11(14)9-4-6-10(7-5-9)13(15)16;1-23(18,19)10(11(17)15-4-5-24(14,20)21)12-16-8-3-2-7(13)6-9(8)22-12;12-7-1-2-8-9(5-7)19-11(15-8)6-10(16)14-3-4-20(13,17)18/h5-10,13,21H,11-12,14H2,1-4H3,(H,26,29)(H2,25,32,33);4-7,15-16H,8H2,1-3H3;2-3,6,10H,4-5H2,1H3,(H,15,17)(H2,14,20,21);1-2,5H,3-4,6H2,(H,14,16)(H2,13,17,18). The lowest BCUT2D eigenvalue weighted by molar-refractivity contribution is -0.121. The van der Waals surface area contributed by atoms with Gasteiger partial charge in [-0.3, -0.25) is 24.0 Å². The van der Waals surface area contributed by atoms with E-state index in [1.165, 1.54) is 11.3 Å². The first-order valence-electron chi connectivity index (χ1n) is 28.5. The molecule has 0 fully saturated rings. The third kappa shape index (κ3) is 27.4. The van der Waals surface area contributed by atoms with Crippen LogP contribution in [0.15, 0.2) is 112 Å². The van der Waals surface area contributed by atoms with Gasteiger partial charge < -0.3 is 26.0 Å². The number of nitrogens with zero attached hydrogens (tertiary/aromatic N) is 3. The van der Waals surface area contributed by atoms with Gasteiger partial charge in [0.15, 0.2) is 41.7 Å². The van der Waals surface area contributed by atoms with Gasteiger partial charge in [-0.25, -0.2) is 72.5 Å². The number of nitrogens with two attached hydrogens (primary N) is 3. The van der Waals surface area contributed by atoms with Crippen LogP contribution >= 0.6 is 65.9 Å². The van der Waals surface area contributed by atoms with Crippen LogP contribution in [0.25, 0.3) is 41.8 Å². The molecule has 520 valence electrons. The van der Waals surface area contributed by atoms with Gasteiger partial charge in [0.2, 0.25) is 47.8 Å². The molecule has 3 aromatic heterocycles. The van der Waals surface area contributed by atoms with Gasteiger partial charge in [-0.2, -0.15) is 0 Å². The van der Waals surface area contributed by atoms with Crippen LogP contribution in [-0.4, -0.2) is 153 Å². The summed E-state index contributed by atoms with van der Waals surface area (Å²) >= 11 is 10.3. The number of primary sulfonamides is 3. The molecule has 0 aliphatic carbocycles. The molecular formula is C59H72BBr2N9O17S8. The lowest BCUT2D eigenvalue weighted by Crippen LogP contribution is -2.37. The van der Waals surface area contributed by atoms with E-state index in [0.29, 0.717) is 50.2 Å². The fraction of sp³-hybridized carbons (Fsp3) is 0.356. The number of nitrogens with one attached hydrogen (secondary N) is 3. The van der Waals surface area contributed by atoms with E-state index in [-0.39, 0.29) is 70.1 Å². The van der Waals surface area contributed by atoms with Crippen LogP contribution in [0.4, 0.5) is 0 Å². The molecule has 0 radical (unpaired) electrons. The van der Waals surface area contributed by atoms with Gasteiger partial charge in [-0.15, -0.1) is 34.0 Å². The van der Waals surface area contributed by atoms with E-state index >= 15 is 0 Å². The summed E-state index contributed by atoms with van der Waals surface area (Å²) in [6.45, 7) is 11.5. The molecule has 96 heavy (non-hydrogen) atoms. The Morgan fingerprint density at radius 3 is 1.24 bits per heavy atom. The Balaban J connectivity index is 0.000000243. The average molecular weight is 1610 g/mol. The minimum absolute atomic E-state index is 0.00805. The zero-order chi connectivity index (χ0) is 72.1. The summed E-state index contributed by atoms with van der Waals surface area (Å²) in [7, 11) is -20.3. The number of sulfone groups is 2. The van der Waals surface area contributed by atoms with Gasteiger partial charge in [0.1, 0.15) is 15.0 Å². The molecule has 8 rings (SSSR count). The summed E-state index contributed by atoms with van der Waals surface area (Å²) < 4.78 is 118. The molecular weight excluding hydrogens is 1530 g/mol. The van der Waals surface area contributed by atoms with E-state index < -0.39 is 90.7 Å². The van der Waals surface area contributed by atoms with E-state index in [0.717, 1.165) is 70.2 Å². The van der Waals surface area contributed by atoms with Gasteiger partial charge in [-0.1, -0.05) is 128 Å². The number of fused-ring (bicyclic) bond motifs is 3. The molecule has 0 aliphatic rings. The second kappa shape index (κ2) is 33.8. The summed E-state index contributed by atoms with van der Waals surface area (Å²) in [6, 6.07) is 30.0. The molecule has 8 aromatic rings. The van der Waals surface area contributed by atoms with E-state index in [9.17, 15) is 66.1 Å². The fourth-order valence-electron chi connectivity index (χ4n) is 8.47. The van der Waals surface area contributed by atoms with Crippen LogP contribution in [-0.2, 0) is 70.5 Å². The van der Waals surface area contributed by atoms with Crippen molar-refractivity contribution in [3.8, 4) is 11.1 Å². The monoisotopic (exact) mass is 1600 g/mol. The number of Topliss-reactive ketones (excluding diaryl/α,β-unsaturated/α-hetero) is 2. The first kappa shape index (κ1) is 80.8. The van der Waals surface area contributed by atoms with Gasteiger partial charge in [0, 0.05) is 65.1 Å². The minimum atomic E-state index is -3.90. The number of carbonyl (C=O) groups is 5. The number of thiazole rings is 3. The number of sulfonamides is 3. The lowest BCUT2D eigenvalue weighted by atomic mass is 9.79. The predicted octanol–water partition coefficient (Wildman–Crippen LogP) is 5.61. The average Bonchev–Trinajstić information content (AvgIpc) is 1.61. The van der Waals surface area contributed by atoms with Crippen LogP contribution in [0.5, 0.6) is 0 Å². The Bertz CT molecular complexity index is 4730. The number of rotatable bonds is 23. The van der Waals surface area contributed by atoms with Gasteiger partial charge in [0.25, 0.3) is 0 Å². The van der Waals surface area contributed by atoms with Crippen LogP contribution in [0.2, 0.25) is 0 Å². The summed E-state index contributed by atoms with van der Waals surface area (Å²) in [5, 5.41) is 37.4. The van der Waals surface area contributed by atoms with E-state index in [4.69, 9.17) is 25.5 Å². The van der Waals surface area contributed by atoms with Gasteiger partial charge in [0.05, 0.1) is 54.3 Å². The summed E-state index contributed by atoms with van der Waals surface area (Å²) in [6.07, 6.45) is 2.91. The molecule has 5 aromatic carbocycles. The summed E-state index contributed by atoms with van der Waals surface area (Å²) in [5.74, 6) is -3.09. The van der Waals surface area contributed by atoms with Crippen LogP contribution < -0.4 is 36.8 Å². The molecule has 2 atom stereocenters. The largest absolute Gasteiger partial charge is 0.488 e. The fourth-order valence-corrected chi connectivity index (χ4v) is 16.8. The number of carbonyl (C=O) groups excluding carboxylic acids is 5. The highest BCUT2D eigenvalue weighted by atomic mass is 79.9. The number of hydrogen-bond acceptors (Lipinski definition) is 23. The Labute approximate surface area is 586 Å². The molecule has 2 unspecified atom stereocenters. The Morgan fingerprint density at radius 1 is 0.500 bits per heavy atom. The maximum atomic E-state index is 12.6. The topological polar surface area (TPSA) is 449 Å². The number of benzene rings is 5. The third-order valence-electron chi connectivity index (χ3n) is 12.8. The first-order valence-corrected chi connectivity index (χ1v) is 41.6. The van der Waals surface area contributed by atoms with Crippen molar-refractivity contribution < 1.29 is 76.1 Å². The van der Waals surface area contributed by atoms with Crippen molar-refractivity contribution >= 4 is 188 Å². The van der Waals surface area contributed by atoms with E-state index in [2.05, 4.69) is 62.8 Å². The van der Waals surface area contributed by atoms with Crippen molar-refractivity contribution in [3.05, 3.63) is 138 Å². The van der Waals surface area contributed by atoms with Crippen molar-refractivity contribution in [2.45, 2.75) is 71.3 Å². The SMILES string of the molecule is CC(C)(C)CC(=O)c1ccc(-c2ccc3nc(C(C(=O)NCCS(N)(=O)=O)S(C)(=O)=O)sc3c2)cc1.CC(C)(C)CC(=O)c1ccc(B(O)O)cc1.CS(=O)(=O)C(C(=O)NCCS(N)(=O)=O)c1nc2ccc(Br)cc2s1.NS(=O)(=O)CCNC(=O)Cc1nc2ccc(Br)cc2s1. The van der Waals surface area contributed by atoms with Crippen molar-refractivity contribution in [2.75, 3.05) is 49.4 Å². The quantitative estimate of drug-likeness (QED) is 0.0285. The number of halogens is 2. The second-order valence-corrected chi connectivity index (χ2v) is 38.7. The Hall–Kier alpha value is -5.91. The molecule has 37 heteroatoms. The third-order valence-corrected chi connectivity index (χ3v) is 22.2. The van der Waals surface area contributed by atoms with E-state index in [1.54, 1.807) is 60.7 Å². The Morgan fingerprint density at radius 2 is 0.854 bits per heavy atom. The molecule has 0 spiro atoms. The van der Waals surface area contributed by atoms with Crippen molar-refractivity contribution in [2.24, 2.45) is 26.2 Å². The van der Waals surface area contributed by atoms with Crippen LogP contribution in [0.1, 0.15) is 101 Å². The zero-order valence-electron chi connectivity index (χ0n) is 53.0. The van der Waals surface area contributed by atoms with E-state index in [1.807, 2.05) is 84.0 Å². The maximum absolute atomic E-state index is 12.6. The smallest absolute Gasteiger partial charge is 0.423 e. The molecule has 3 amide bonds. The first-order chi connectivity index (χ1) is 44.1. The molecule has 0 saturated carbocycles. The number of hydrogen-bond donors (Lipinski definition) is 8. The highest BCUT2D eigenvalue weighted by molar-refractivity contribution is 9.10. The van der Waals surface area contributed by atoms with Crippen molar-refractivity contribution in [1.29, 1.82) is 0 Å². The molecule has 0 saturated heterocycles. The molecule has 26 nitrogen and oxygen atoms in total. The summed E-state index contributed by atoms with van der Waals surface area (Å²) in [5.41, 5.74) is 5.17.